The Hall–Kier alpha value is -4.43. The smallest absolute Gasteiger partial charge is 0.450 e. The Morgan fingerprint density at radius 3 is 2.15 bits per heavy atom. The monoisotopic (exact) mass is 539 g/mol. The van der Waals surface area contributed by atoms with Crippen molar-refractivity contribution in [3.63, 3.8) is 0 Å². The van der Waals surface area contributed by atoms with Gasteiger partial charge in [-0.1, -0.05) is 73.7 Å². The third-order valence-electron chi connectivity index (χ3n) is 7.52. The molecule has 2 N–H and O–H groups in total. The van der Waals surface area contributed by atoms with Gasteiger partial charge in [-0.15, -0.1) is 0 Å². The van der Waals surface area contributed by atoms with Gasteiger partial charge in [0.15, 0.2) is 0 Å². The van der Waals surface area contributed by atoms with Crippen LogP contribution in [-0.4, -0.2) is 45.8 Å². The number of piperidine rings is 1. The van der Waals surface area contributed by atoms with E-state index in [-0.39, 0.29) is 23.6 Å². The van der Waals surface area contributed by atoms with Gasteiger partial charge in [0.25, 0.3) is 11.5 Å². The fourth-order valence-electron chi connectivity index (χ4n) is 5.53. The Morgan fingerprint density at radius 2 is 1.52 bits per heavy atom. The molecule has 1 aliphatic heterocycles. The molecular formula is C32H33N3O5. The van der Waals surface area contributed by atoms with Crippen LogP contribution in [0.2, 0.25) is 0 Å². The van der Waals surface area contributed by atoms with E-state index in [9.17, 15) is 14.4 Å². The third kappa shape index (κ3) is 5.77. The highest BCUT2D eigenvalue weighted by Gasteiger charge is 2.28. The van der Waals surface area contributed by atoms with Crippen molar-refractivity contribution in [1.29, 1.82) is 0 Å². The van der Waals surface area contributed by atoms with Crippen LogP contribution in [0.15, 0.2) is 89.7 Å². The Labute approximate surface area is 232 Å². The summed E-state index contributed by atoms with van der Waals surface area (Å²) in [4.78, 5) is 41.3. The van der Waals surface area contributed by atoms with E-state index in [4.69, 9.17) is 9.84 Å². The minimum atomic E-state index is -1.27. The number of rotatable bonds is 8. The van der Waals surface area contributed by atoms with E-state index in [0.717, 1.165) is 5.56 Å². The van der Waals surface area contributed by atoms with Crippen molar-refractivity contribution < 1.29 is 19.4 Å². The van der Waals surface area contributed by atoms with Crippen LogP contribution in [-0.2, 0) is 11.3 Å². The van der Waals surface area contributed by atoms with E-state index in [2.05, 4.69) is 10.2 Å². The number of nitrogens with one attached hydrogen (secondary N) is 1. The van der Waals surface area contributed by atoms with Gasteiger partial charge in [0.1, 0.15) is 6.10 Å². The van der Waals surface area contributed by atoms with Gasteiger partial charge in [0.05, 0.1) is 17.3 Å². The molecule has 8 heteroatoms. The quantitative estimate of drug-likeness (QED) is 0.286. The number of carboxylic acid groups (broad SMARTS) is 1. The van der Waals surface area contributed by atoms with Crippen LogP contribution in [0.1, 0.15) is 53.8 Å². The number of para-hydroxylation sites is 1. The number of carbonyl (C=O) groups is 2. The standard InChI is InChI=1S/C32H33N3O5/c1-2-27(22-11-5-3-6-12-22)33-30(36)29-25-15-9-10-16-26(25)31(37)35(23-13-7-4-8-14-23)28(29)21-34-19-17-24(18-20-34)40-32(38)39/h3-16,24,27H,2,17-21H2,1H3,(H,33,36)(H,38,39). The Bertz CT molecular complexity index is 1540. The lowest BCUT2D eigenvalue weighted by Gasteiger charge is -2.32. The first kappa shape index (κ1) is 27.1. The summed E-state index contributed by atoms with van der Waals surface area (Å²) in [5, 5.41) is 13.3. The maximum Gasteiger partial charge on any atom is 0.506 e. The Kier molecular flexibility index (Phi) is 8.26. The molecule has 1 saturated heterocycles. The molecule has 0 saturated carbocycles. The molecule has 1 aromatic heterocycles. The summed E-state index contributed by atoms with van der Waals surface area (Å²) < 4.78 is 6.64. The first-order chi connectivity index (χ1) is 19.5. The molecule has 1 fully saturated rings. The maximum absolute atomic E-state index is 14.2. The van der Waals surface area contributed by atoms with Gasteiger partial charge in [-0.3, -0.25) is 19.1 Å². The minimum Gasteiger partial charge on any atom is -0.450 e. The van der Waals surface area contributed by atoms with Gasteiger partial charge in [-0.05, 0) is 43.0 Å². The van der Waals surface area contributed by atoms with Crippen molar-refractivity contribution >= 4 is 22.8 Å². The second kappa shape index (κ2) is 12.2. The highest BCUT2D eigenvalue weighted by atomic mass is 16.7. The summed E-state index contributed by atoms with van der Waals surface area (Å²) in [7, 11) is 0. The number of carbonyl (C=O) groups excluding carboxylic acids is 1. The van der Waals surface area contributed by atoms with Crippen LogP contribution >= 0.6 is 0 Å². The summed E-state index contributed by atoms with van der Waals surface area (Å²) in [6.07, 6.45) is 0.166. The third-order valence-corrected chi connectivity index (χ3v) is 7.52. The Morgan fingerprint density at radius 1 is 0.925 bits per heavy atom. The number of likely N-dealkylation sites (tertiary alicyclic amines) is 1. The number of amides is 1. The second-order valence-corrected chi connectivity index (χ2v) is 10.0. The van der Waals surface area contributed by atoms with E-state index in [1.807, 2.05) is 85.8 Å². The zero-order valence-corrected chi connectivity index (χ0v) is 22.5. The van der Waals surface area contributed by atoms with Gasteiger partial charge < -0.3 is 15.2 Å². The van der Waals surface area contributed by atoms with E-state index in [1.165, 1.54) is 0 Å². The number of hydrogen-bond donors (Lipinski definition) is 2. The summed E-state index contributed by atoms with van der Waals surface area (Å²) in [6, 6.07) is 26.3. The van der Waals surface area contributed by atoms with E-state index in [1.54, 1.807) is 10.6 Å². The molecule has 0 aliphatic carbocycles. The molecule has 4 aromatic rings. The SMILES string of the molecule is CCC(NC(=O)c1c(CN2CCC(OC(=O)O)CC2)n(-c2ccccc2)c(=O)c2ccccc12)c1ccccc1. The molecule has 5 rings (SSSR count). The predicted molar refractivity (Wildman–Crippen MR) is 154 cm³/mol. The van der Waals surface area contributed by atoms with E-state index >= 15 is 0 Å². The summed E-state index contributed by atoms with van der Waals surface area (Å²) in [5.74, 6) is -0.240. The molecule has 0 bridgehead atoms. The maximum atomic E-state index is 14.2. The molecule has 40 heavy (non-hydrogen) atoms. The lowest BCUT2D eigenvalue weighted by molar-refractivity contribution is 0.0181. The zero-order valence-electron chi connectivity index (χ0n) is 22.5. The van der Waals surface area contributed by atoms with Gasteiger partial charge >= 0.3 is 6.16 Å². The first-order valence-electron chi connectivity index (χ1n) is 13.7. The van der Waals surface area contributed by atoms with Crippen LogP contribution in [0.25, 0.3) is 16.5 Å². The summed E-state index contributed by atoms with van der Waals surface area (Å²) >= 11 is 0. The fourth-order valence-corrected chi connectivity index (χ4v) is 5.53. The number of ether oxygens (including phenoxy) is 1. The normalized spacial score (nSPS) is 15.0. The molecule has 3 aromatic carbocycles. The number of pyridine rings is 1. The molecular weight excluding hydrogens is 506 g/mol. The van der Waals surface area contributed by atoms with Gasteiger partial charge in [0, 0.05) is 36.1 Å². The predicted octanol–water partition coefficient (Wildman–Crippen LogP) is 5.53. The number of benzene rings is 3. The van der Waals surface area contributed by atoms with Crippen molar-refractivity contribution in [2.75, 3.05) is 13.1 Å². The van der Waals surface area contributed by atoms with Crippen molar-refractivity contribution in [2.45, 2.75) is 44.9 Å². The highest BCUT2D eigenvalue weighted by Crippen LogP contribution is 2.27. The van der Waals surface area contributed by atoms with E-state index in [0.29, 0.717) is 66.6 Å². The summed E-state index contributed by atoms with van der Waals surface area (Å²) in [6.45, 7) is 3.54. The van der Waals surface area contributed by atoms with Crippen molar-refractivity contribution in [1.82, 2.24) is 14.8 Å². The number of fused-ring (bicyclic) bond motifs is 1. The lowest BCUT2D eigenvalue weighted by Crippen LogP contribution is -2.40. The van der Waals surface area contributed by atoms with Gasteiger partial charge in [-0.25, -0.2) is 4.79 Å². The molecule has 1 atom stereocenters. The largest absolute Gasteiger partial charge is 0.506 e. The second-order valence-electron chi connectivity index (χ2n) is 10.0. The Balaban J connectivity index is 1.62. The molecule has 206 valence electrons. The van der Waals surface area contributed by atoms with Crippen LogP contribution in [0.3, 0.4) is 0 Å². The topological polar surface area (TPSA) is 101 Å². The van der Waals surface area contributed by atoms with Crippen LogP contribution < -0.4 is 10.9 Å². The number of nitrogens with zero attached hydrogens (tertiary/aromatic N) is 2. The fraction of sp³-hybridized carbons (Fsp3) is 0.281. The molecule has 0 radical (unpaired) electrons. The number of hydrogen-bond acceptors (Lipinski definition) is 5. The summed E-state index contributed by atoms with van der Waals surface area (Å²) in [5.41, 5.74) is 2.58. The molecule has 1 unspecified atom stereocenters. The molecule has 8 nitrogen and oxygen atoms in total. The molecule has 0 spiro atoms. The number of aromatic nitrogens is 1. The van der Waals surface area contributed by atoms with Crippen LogP contribution in [0.5, 0.6) is 0 Å². The van der Waals surface area contributed by atoms with Crippen LogP contribution in [0.4, 0.5) is 4.79 Å². The van der Waals surface area contributed by atoms with Crippen molar-refractivity contribution in [3.8, 4) is 5.69 Å². The van der Waals surface area contributed by atoms with Gasteiger partial charge in [0.2, 0.25) is 0 Å². The average molecular weight is 540 g/mol. The molecule has 1 aliphatic rings. The van der Waals surface area contributed by atoms with Gasteiger partial charge in [-0.2, -0.15) is 0 Å². The van der Waals surface area contributed by atoms with Crippen molar-refractivity contribution in [3.05, 3.63) is 112 Å². The molecule has 1 amide bonds. The average Bonchev–Trinajstić information content (AvgIpc) is 2.98. The lowest BCUT2D eigenvalue weighted by atomic mass is 9.99. The first-order valence-corrected chi connectivity index (χ1v) is 13.7. The van der Waals surface area contributed by atoms with Crippen LogP contribution in [0, 0.1) is 0 Å². The zero-order chi connectivity index (χ0) is 28.1. The van der Waals surface area contributed by atoms with E-state index < -0.39 is 6.16 Å². The molecule has 2 heterocycles. The van der Waals surface area contributed by atoms with Crippen molar-refractivity contribution in [2.24, 2.45) is 0 Å². The highest BCUT2D eigenvalue weighted by molar-refractivity contribution is 6.08. The minimum absolute atomic E-state index is 0.187.